The van der Waals surface area contributed by atoms with E-state index < -0.39 is 0 Å². The van der Waals surface area contributed by atoms with Gasteiger partial charge in [-0.2, -0.15) is 0 Å². The van der Waals surface area contributed by atoms with Crippen molar-refractivity contribution in [3.05, 3.63) is 29.3 Å². The summed E-state index contributed by atoms with van der Waals surface area (Å²) in [6.07, 6.45) is 2.95. The van der Waals surface area contributed by atoms with Crippen LogP contribution < -0.4 is 10.1 Å². The molecule has 128 valence electrons. The van der Waals surface area contributed by atoms with E-state index in [-0.39, 0.29) is 18.6 Å². The first-order chi connectivity index (χ1) is 11.1. The molecule has 5 heteroatoms. The predicted molar refractivity (Wildman–Crippen MR) is 90.6 cm³/mol. The molecule has 0 aliphatic carbocycles. The molecule has 1 atom stereocenters. The molecular weight excluding hydrogens is 292 g/mol. The number of urea groups is 1. The highest BCUT2D eigenvalue weighted by molar-refractivity contribution is 5.74. The predicted octanol–water partition coefficient (Wildman–Crippen LogP) is 2.70. The molecule has 1 aliphatic heterocycles. The van der Waals surface area contributed by atoms with Gasteiger partial charge in [0.1, 0.15) is 5.75 Å². The molecule has 2 rings (SSSR count). The highest BCUT2D eigenvalue weighted by Crippen LogP contribution is 2.18. The number of ether oxygens (including phenoxy) is 1. The molecule has 5 nitrogen and oxygen atoms in total. The van der Waals surface area contributed by atoms with Crippen LogP contribution in [0.2, 0.25) is 0 Å². The Balaban J connectivity index is 1.86. The molecule has 1 aromatic carbocycles. The summed E-state index contributed by atoms with van der Waals surface area (Å²) in [4.78, 5) is 14.1. The van der Waals surface area contributed by atoms with Crippen molar-refractivity contribution in [2.75, 3.05) is 26.3 Å². The van der Waals surface area contributed by atoms with E-state index in [1.54, 1.807) is 4.90 Å². The Bertz CT molecular complexity index is 519. The van der Waals surface area contributed by atoms with Crippen LogP contribution in [-0.2, 0) is 6.54 Å². The molecule has 1 saturated heterocycles. The summed E-state index contributed by atoms with van der Waals surface area (Å²) >= 11 is 0. The van der Waals surface area contributed by atoms with Gasteiger partial charge in [-0.25, -0.2) is 4.79 Å². The van der Waals surface area contributed by atoms with E-state index in [0.29, 0.717) is 13.1 Å². The zero-order chi connectivity index (χ0) is 16.7. The molecule has 1 aliphatic rings. The minimum absolute atomic E-state index is 0.0474. The van der Waals surface area contributed by atoms with Gasteiger partial charge in [0.25, 0.3) is 0 Å². The summed E-state index contributed by atoms with van der Waals surface area (Å²) in [7, 11) is 0. The van der Waals surface area contributed by atoms with Gasteiger partial charge in [-0.3, -0.25) is 0 Å². The maximum absolute atomic E-state index is 12.3. The number of likely N-dealkylation sites (tertiary alicyclic amines) is 1. The lowest BCUT2D eigenvalue weighted by Gasteiger charge is -2.31. The average molecular weight is 320 g/mol. The van der Waals surface area contributed by atoms with Gasteiger partial charge >= 0.3 is 6.03 Å². The molecule has 2 N–H and O–H groups in total. The van der Waals surface area contributed by atoms with Gasteiger partial charge in [0.2, 0.25) is 0 Å². The van der Waals surface area contributed by atoms with Crippen LogP contribution in [0.3, 0.4) is 0 Å². The van der Waals surface area contributed by atoms with Crippen molar-refractivity contribution in [3.8, 4) is 5.75 Å². The molecular formula is C18H28N2O3. The highest BCUT2D eigenvalue weighted by Gasteiger charge is 2.22. The summed E-state index contributed by atoms with van der Waals surface area (Å²) in [6, 6.07) is 5.92. The second-order valence-corrected chi connectivity index (χ2v) is 6.23. The van der Waals surface area contributed by atoms with E-state index in [9.17, 15) is 9.90 Å². The normalized spacial score (nSPS) is 17.9. The number of piperidine rings is 1. The van der Waals surface area contributed by atoms with Crippen molar-refractivity contribution in [2.45, 2.75) is 39.7 Å². The van der Waals surface area contributed by atoms with Crippen LogP contribution in [0.1, 0.15) is 37.3 Å². The van der Waals surface area contributed by atoms with Gasteiger partial charge in [0, 0.05) is 26.2 Å². The summed E-state index contributed by atoms with van der Waals surface area (Å²) in [5, 5.41) is 12.2. The van der Waals surface area contributed by atoms with Gasteiger partial charge < -0.3 is 20.1 Å². The van der Waals surface area contributed by atoms with Crippen LogP contribution >= 0.6 is 0 Å². The van der Waals surface area contributed by atoms with Crippen molar-refractivity contribution >= 4 is 6.03 Å². The van der Waals surface area contributed by atoms with Gasteiger partial charge in [0.15, 0.2) is 0 Å². The van der Waals surface area contributed by atoms with Crippen molar-refractivity contribution < 1.29 is 14.6 Å². The minimum atomic E-state index is -0.0474. The molecule has 0 bridgehead atoms. The topological polar surface area (TPSA) is 61.8 Å². The molecule has 0 spiro atoms. The third-order valence-corrected chi connectivity index (χ3v) is 4.28. The Labute approximate surface area is 138 Å². The molecule has 0 radical (unpaired) electrons. The Morgan fingerprint density at radius 2 is 2.30 bits per heavy atom. The number of hydrogen-bond acceptors (Lipinski definition) is 3. The second-order valence-electron chi connectivity index (χ2n) is 6.23. The van der Waals surface area contributed by atoms with E-state index in [1.165, 1.54) is 0 Å². The van der Waals surface area contributed by atoms with E-state index in [4.69, 9.17) is 4.74 Å². The fourth-order valence-corrected chi connectivity index (χ4v) is 2.86. The number of aryl methyl sites for hydroxylation is 1. The number of hydrogen-bond donors (Lipinski definition) is 2. The summed E-state index contributed by atoms with van der Waals surface area (Å²) in [5.41, 5.74) is 2.21. The van der Waals surface area contributed by atoms with E-state index in [2.05, 4.69) is 12.2 Å². The molecule has 1 heterocycles. The third-order valence-electron chi connectivity index (χ3n) is 4.28. The molecule has 0 saturated carbocycles. The number of aliphatic hydroxyl groups is 1. The van der Waals surface area contributed by atoms with Crippen LogP contribution in [0.15, 0.2) is 18.2 Å². The number of rotatable bonds is 6. The van der Waals surface area contributed by atoms with E-state index in [0.717, 1.165) is 49.3 Å². The van der Waals surface area contributed by atoms with Crippen LogP contribution in [0.5, 0.6) is 5.75 Å². The maximum atomic E-state index is 12.3. The number of nitrogens with zero attached hydrogens (tertiary/aromatic N) is 1. The van der Waals surface area contributed by atoms with Crippen LogP contribution in [0, 0.1) is 12.8 Å². The van der Waals surface area contributed by atoms with Crippen molar-refractivity contribution in [2.24, 2.45) is 5.92 Å². The molecule has 1 aromatic rings. The fraction of sp³-hybridized carbons (Fsp3) is 0.611. The maximum Gasteiger partial charge on any atom is 0.317 e. The monoisotopic (exact) mass is 320 g/mol. The van der Waals surface area contributed by atoms with E-state index >= 15 is 0 Å². The van der Waals surface area contributed by atoms with Crippen LogP contribution in [-0.4, -0.2) is 42.3 Å². The summed E-state index contributed by atoms with van der Waals surface area (Å²) in [6.45, 7) is 6.91. The molecule has 23 heavy (non-hydrogen) atoms. The number of amides is 2. The first-order valence-corrected chi connectivity index (χ1v) is 8.50. The number of carbonyl (C=O) groups is 1. The SMILES string of the molecule is CCCOc1ccc(CNC(=O)N2CCC[C@H](CO)C2)c(C)c1. The van der Waals surface area contributed by atoms with Crippen molar-refractivity contribution in [3.63, 3.8) is 0 Å². The molecule has 2 amide bonds. The van der Waals surface area contributed by atoms with Crippen LogP contribution in [0.25, 0.3) is 0 Å². The first-order valence-electron chi connectivity index (χ1n) is 8.50. The standard InChI is InChI=1S/C18H28N2O3/c1-3-9-23-17-7-6-16(14(2)10-17)11-19-18(22)20-8-4-5-15(12-20)13-21/h6-7,10,15,21H,3-5,8-9,11-13H2,1-2H3,(H,19,22)/t15-/m0/s1. The number of aliphatic hydroxyl groups excluding tert-OH is 1. The summed E-state index contributed by atoms with van der Waals surface area (Å²) < 4.78 is 5.62. The lowest BCUT2D eigenvalue weighted by atomic mass is 9.99. The molecule has 0 aromatic heterocycles. The van der Waals surface area contributed by atoms with Gasteiger partial charge in [0.05, 0.1) is 6.61 Å². The largest absolute Gasteiger partial charge is 0.494 e. The Morgan fingerprint density at radius 1 is 1.48 bits per heavy atom. The molecule has 0 unspecified atom stereocenters. The van der Waals surface area contributed by atoms with Gasteiger partial charge in [-0.05, 0) is 55.4 Å². The number of benzene rings is 1. The Kier molecular flexibility index (Phi) is 6.71. The van der Waals surface area contributed by atoms with Crippen molar-refractivity contribution in [1.29, 1.82) is 0 Å². The number of carbonyl (C=O) groups excluding carboxylic acids is 1. The second kappa shape index (κ2) is 8.77. The summed E-state index contributed by atoms with van der Waals surface area (Å²) in [5.74, 6) is 1.09. The number of nitrogens with one attached hydrogen (secondary N) is 1. The Morgan fingerprint density at radius 3 is 3.00 bits per heavy atom. The van der Waals surface area contributed by atoms with Crippen LogP contribution in [0.4, 0.5) is 4.79 Å². The first kappa shape index (κ1) is 17.6. The van der Waals surface area contributed by atoms with Gasteiger partial charge in [-0.1, -0.05) is 13.0 Å². The quantitative estimate of drug-likeness (QED) is 0.847. The minimum Gasteiger partial charge on any atom is -0.494 e. The smallest absolute Gasteiger partial charge is 0.317 e. The lowest BCUT2D eigenvalue weighted by molar-refractivity contribution is 0.129. The fourth-order valence-electron chi connectivity index (χ4n) is 2.86. The molecule has 1 fully saturated rings. The van der Waals surface area contributed by atoms with Crippen molar-refractivity contribution in [1.82, 2.24) is 10.2 Å². The zero-order valence-electron chi connectivity index (χ0n) is 14.2. The Hall–Kier alpha value is -1.75. The lowest BCUT2D eigenvalue weighted by Crippen LogP contribution is -2.46. The van der Waals surface area contributed by atoms with E-state index in [1.807, 2.05) is 25.1 Å². The average Bonchev–Trinajstić information content (AvgIpc) is 2.58. The highest BCUT2D eigenvalue weighted by atomic mass is 16.5. The zero-order valence-corrected chi connectivity index (χ0v) is 14.2. The third kappa shape index (κ3) is 5.13. The van der Waals surface area contributed by atoms with Gasteiger partial charge in [-0.15, -0.1) is 0 Å².